The zero-order valence-electron chi connectivity index (χ0n) is 25.3. The van der Waals surface area contributed by atoms with E-state index in [1.807, 2.05) is 60.7 Å². The molecule has 2 bridgehead atoms. The lowest BCUT2D eigenvalue weighted by atomic mass is 9.63. The zero-order valence-corrected chi connectivity index (χ0v) is 26.9. The Morgan fingerprint density at radius 2 is 1.50 bits per heavy atom. The van der Waals surface area contributed by atoms with Gasteiger partial charge in [-0.25, -0.2) is 9.59 Å². The van der Waals surface area contributed by atoms with E-state index in [0.29, 0.717) is 5.57 Å². The van der Waals surface area contributed by atoms with Gasteiger partial charge in [-0.2, -0.15) is 0 Å². The van der Waals surface area contributed by atoms with E-state index in [0.717, 1.165) is 26.5 Å². The number of hydrogen-bond acceptors (Lipinski definition) is 6. The summed E-state index contributed by atoms with van der Waals surface area (Å²) >= 11 is 3.70. The van der Waals surface area contributed by atoms with E-state index in [4.69, 9.17) is 4.74 Å². The van der Waals surface area contributed by atoms with Gasteiger partial charge in [0.25, 0.3) is 0 Å². The van der Waals surface area contributed by atoms with Crippen molar-refractivity contribution in [2.45, 2.75) is 44.5 Å². The fraction of sp³-hybridized carbons (Fsp3) is 0.424. The van der Waals surface area contributed by atoms with Gasteiger partial charge in [-0.15, -0.1) is 0 Å². The van der Waals surface area contributed by atoms with E-state index in [2.05, 4.69) is 21.2 Å². The Hall–Kier alpha value is -3.99. The molecule has 0 aromatic heterocycles. The largest absolute Gasteiger partial charge is 0.465 e. The molecule has 4 atom stereocenters. The first kappa shape index (κ1) is 31.4. The summed E-state index contributed by atoms with van der Waals surface area (Å²) in [6.07, 6.45) is -1.95. The van der Waals surface area contributed by atoms with Crippen LogP contribution in [0.25, 0.3) is 11.1 Å². The van der Waals surface area contributed by atoms with Gasteiger partial charge in [-0.05, 0) is 56.9 Å². The molecule has 3 aliphatic rings. The standard InChI is InChI=1S/C33H36BrN3O7/c1-30(2,3)44-28(41)35-16-17-36(29(42)43)18-19-37-25(38)24-31(4)22(20-12-8-6-9-13-20)23(21-14-10-7-11-15-21)32(5,26(31)39)33(24,34)27(37)40/h6-15,24H,16-19H2,1-5H3,(H,35,41)(H,42,43). The highest BCUT2D eigenvalue weighted by Gasteiger charge is 2.85. The van der Waals surface area contributed by atoms with Gasteiger partial charge < -0.3 is 20.1 Å². The highest BCUT2D eigenvalue weighted by molar-refractivity contribution is 9.10. The molecule has 1 aliphatic heterocycles. The van der Waals surface area contributed by atoms with Crippen LogP contribution in [0.1, 0.15) is 45.7 Å². The van der Waals surface area contributed by atoms with Crippen LogP contribution < -0.4 is 5.32 Å². The molecule has 0 radical (unpaired) electrons. The van der Waals surface area contributed by atoms with Gasteiger partial charge in [-0.1, -0.05) is 76.6 Å². The molecule has 2 aromatic rings. The zero-order chi connectivity index (χ0) is 32.2. The minimum absolute atomic E-state index is 0.0243. The lowest BCUT2D eigenvalue weighted by molar-refractivity contribution is -0.144. The fourth-order valence-corrected chi connectivity index (χ4v) is 8.45. The van der Waals surface area contributed by atoms with Crippen LogP contribution >= 0.6 is 15.9 Å². The third-order valence-electron chi connectivity index (χ3n) is 9.01. The number of alkyl halides is 1. The highest BCUT2D eigenvalue weighted by atomic mass is 79.9. The molecular weight excluding hydrogens is 630 g/mol. The van der Waals surface area contributed by atoms with Crippen LogP contribution in [-0.4, -0.2) is 80.8 Å². The minimum atomic E-state index is -1.56. The summed E-state index contributed by atoms with van der Waals surface area (Å²) in [5.41, 5.74) is -0.403. The number of nitrogens with one attached hydrogen (secondary N) is 1. The van der Waals surface area contributed by atoms with Crippen LogP contribution in [0.4, 0.5) is 9.59 Å². The highest BCUT2D eigenvalue weighted by Crippen LogP contribution is 2.77. The molecule has 1 saturated heterocycles. The fourth-order valence-electron chi connectivity index (χ4n) is 7.20. The number of imide groups is 1. The number of Topliss-reactive ketones (excluding diaryl/α,β-unsaturated/α-hetero) is 1. The normalized spacial score (nSPS) is 27.5. The molecule has 5 rings (SSSR count). The molecule has 0 spiro atoms. The maximum Gasteiger partial charge on any atom is 0.407 e. The third kappa shape index (κ3) is 4.55. The summed E-state index contributed by atoms with van der Waals surface area (Å²) < 4.78 is 3.63. The predicted octanol–water partition coefficient (Wildman–Crippen LogP) is 4.83. The van der Waals surface area contributed by atoms with Crippen molar-refractivity contribution in [1.82, 2.24) is 15.1 Å². The minimum Gasteiger partial charge on any atom is -0.465 e. The number of alkyl carbamates (subject to hydrolysis) is 1. The first-order chi connectivity index (χ1) is 20.6. The van der Waals surface area contributed by atoms with Gasteiger partial charge in [0, 0.05) is 26.2 Å². The van der Waals surface area contributed by atoms with Crippen molar-refractivity contribution in [1.29, 1.82) is 0 Å². The number of amides is 4. The lowest BCUT2D eigenvalue weighted by Crippen LogP contribution is -2.51. The van der Waals surface area contributed by atoms with Gasteiger partial charge in [0.2, 0.25) is 11.8 Å². The number of carbonyl (C=O) groups excluding carboxylic acids is 4. The van der Waals surface area contributed by atoms with Crippen LogP contribution in [0.3, 0.4) is 0 Å². The number of ketones is 1. The Morgan fingerprint density at radius 1 is 0.955 bits per heavy atom. The van der Waals surface area contributed by atoms with Crippen molar-refractivity contribution in [3.63, 3.8) is 0 Å². The molecule has 10 nitrogen and oxygen atoms in total. The summed E-state index contributed by atoms with van der Waals surface area (Å²) in [6.45, 7) is 8.15. The molecule has 2 aliphatic carbocycles. The SMILES string of the molecule is CC(C)(C)OC(=O)NCCN(CCN1C(=O)C2C3(C)C(=O)C(C)(C(c4ccccc4)=C3c3ccccc3)C2(Br)C1=O)C(=O)O. The summed E-state index contributed by atoms with van der Waals surface area (Å²) in [7, 11) is 0. The number of rotatable bonds is 8. The van der Waals surface area contributed by atoms with Crippen molar-refractivity contribution >= 4 is 56.9 Å². The number of carboxylic acid groups (broad SMARTS) is 1. The number of benzene rings is 2. The Labute approximate surface area is 264 Å². The molecule has 2 fully saturated rings. The van der Waals surface area contributed by atoms with E-state index in [1.54, 1.807) is 34.6 Å². The third-order valence-corrected chi connectivity index (χ3v) is 10.6. The Bertz CT molecular complexity index is 1570. The van der Waals surface area contributed by atoms with Crippen molar-refractivity contribution in [2.24, 2.45) is 16.7 Å². The van der Waals surface area contributed by atoms with E-state index in [9.17, 15) is 29.1 Å². The average molecular weight is 667 g/mol. The molecule has 2 N–H and O–H groups in total. The molecule has 2 aromatic carbocycles. The molecule has 232 valence electrons. The monoisotopic (exact) mass is 665 g/mol. The summed E-state index contributed by atoms with van der Waals surface area (Å²) in [5.74, 6) is -2.32. The number of halogens is 1. The molecular formula is C33H36BrN3O7. The van der Waals surface area contributed by atoms with E-state index < -0.39 is 50.7 Å². The van der Waals surface area contributed by atoms with Crippen LogP contribution in [0.5, 0.6) is 0 Å². The van der Waals surface area contributed by atoms with Gasteiger partial charge in [0.15, 0.2) is 5.78 Å². The number of fused-ring (bicyclic) bond motifs is 5. The van der Waals surface area contributed by atoms with Gasteiger partial charge >= 0.3 is 12.2 Å². The van der Waals surface area contributed by atoms with Crippen LogP contribution in [0.2, 0.25) is 0 Å². The smallest absolute Gasteiger partial charge is 0.407 e. The van der Waals surface area contributed by atoms with Crippen molar-refractivity contribution in [3.8, 4) is 0 Å². The van der Waals surface area contributed by atoms with Gasteiger partial charge in [-0.3, -0.25) is 19.3 Å². The number of hydrogen-bond donors (Lipinski definition) is 2. The van der Waals surface area contributed by atoms with Crippen LogP contribution in [-0.2, 0) is 19.1 Å². The second kappa shape index (κ2) is 10.9. The topological polar surface area (TPSA) is 133 Å². The van der Waals surface area contributed by atoms with Gasteiger partial charge in [0.05, 0.1) is 16.7 Å². The Kier molecular flexibility index (Phi) is 7.77. The van der Waals surface area contributed by atoms with E-state index in [-0.39, 0.29) is 32.0 Å². The van der Waals surface area contributed by atoms with Crippen molar-refractivity contribution in [3.05, 3.63) is 71.8 Å². The van der Waals surface area contributed by atoms with Crippen LogP contribution in [0.15, 0.2) is 60.7 Å². The molecule has 4 unspecified atom stereocenters. The quantitative estimate of drug-likeness (QED) is 0.305. The number of carbonyl (C=O) groups is 5. The Morgan fingerprint density at radius 3 is 2.02 bits per heavy atom. The summed E-state index contributed by atoms with van der Waals surface area (Å²) in [4.78, 5) is 69.1. The number of likely N-dealkylation sites (tertiary alicyclic amines) is 1. The van der Waals surface area contributed by atoms with Gasteiger partial charge in [0.1, 0.15) is 9.93 Å². The van der Waals surface area contributed by atoms with E-state index in [1.165, 1.54) is 0 Å². The second-order valence-electron chi connectivity index (χ2n) is 12.8. The maximum absolute atomic E-state index is 14.5. The first-order valence-electron chi connectivity index (χ1n) is 14.5. The first-order valence-corrected chi connectivity index (χ1v) is 15.3. The number of nitrogens with zero attached hydrogens (tertiary/aromatic N) is 2. The van der Waals surface area contributed by atoms with Crippen molar-refractivity contribution in [2.75, 3.05) is 26.2 Å². The average Bonchev–Trinajstić information content (AvgIpc) is 3.34. The summed E-state index contributed by atoms with van der Waals surface area (Å²) in [6, 6.07) is 18.9. The molecule has 1 saturated carbocycles. The van der Waals surface area contributed by atoms with E-state index >= 15 is 0 Å². The molecule has 44 heavy (non-hydrogen) atoms. The second-order valence-corrected chi connectivity index (χ2v) is 14.0. The van der Waals surface area contributed by atoms with Crippen molar-refractivity contribution < 1.29 is 33.8 Å². The molecule has 11 heteroatoms. The predicted molar refractivity (Wildman–Crippen MR) is 167 cm³/mol. The summed E-state index contributed by atoms with van der Waals surface area (Å²) in [5, 5.41) is 12.3. The number of ether oxygens (including phenoxy) is 1. The molecule has 1 heterocycles. The molecule has 4 amide bonds. The number of allylic oxidation sites excluding steroid dienone is 2. The van der Waals surface area contributed by atoms with Crippen LogP contribution in [0, 0.1) is 16.7 Å². The Balaban J connectivity index is 1.46. The lowest BCUT2D eigenvalue weighted by Gasteiger charge is -2.41. The maximum atomic E-state index is 14.5.